The summed E-state index contributed by atoms with van der Waals surface area (Å²) in [6.45, 7) is 0. The van der Waals surface area contributed by atoms with E-state index in [2.05, 4.69) is 54.1 Å². The minimum Gasteiger partial charge on any atom is -0.178 e. The van der Waals surface area contributed by atoms with Crippen molar-refractivity contribution in [3.8, 4) is 11.8 Å². The van der Waals surface area contributed by atoms with Gasteiger partial charge in [0.15, 0.2) is 0 Å². The molecule has 0 fully saturated rings. The fourth-order valence-electron chi connectivity index (χ4n) is 1.26. The predicted molar refractivity (Wildman–Crippen MR) is 67.2 cm³/mol. The summed E-state index contributed by atoms with van der Waals surface area (Å²) in [7, 11) is 0. The van der Waals surface area contributed by atoms with E-state index in [4.69, 9.17) is 0 Å². The topological polar surface area (TPSA) is 0 Å². The number of thiophene rings is 1. The minimum absolute atomic E-state index is 0.827. The summed E-state index contributed by atoms with van der Waals surface area (Å²) in [5, 5.41) is 3.39. The summed E-state index contributed by atoms with van der Waals surface area (Å²) < 4.78 is 1.32. The first-order chi connectivity index (χ1) is 6.90. The minimum atomic E-state index is 0.827. The summed E-state index contributed by atoms with van der Waals surface area (Å²) in [6.07, 6.45) is 0.852. The van der Waals surface area contributed by atoms with Crippen molar-refractivity contribution in [1.29, 1.82) is 0 Å². The highest BCUT2D eigenvalue weighted by molar-refractivity contribution is 7.80. The molecule has 14 heavy (non-hydrogen) atoms. The largest absolute Gasteiger partial charge is 0.178 e. The third kappa shape index (κ3) is 2.12. The van der Waals surface area contributed by atoms with Gasteiger partial charge in [-0.2, -0.15) is 12.6 Å². The molecule has 0 aliphatic carbocycles. The Morgan fingerprint density at radius 2 is 2.21 bits per heavy atom. The number of benzene rings is 1. The maximum Gasteiger partial charge on any atom is 0.0343 e. The van der Waals surface area contributed by atoms with Crippen LogP contribution in [-0.4, -0.2) is 5.75 Å². The van der Waals surface area contributed by atoms with Crippen molar-refractivity contribution in [3.63, 3.8) is 0 Å². The summed E-state index contributed by atoms with van der Waals surface area (Å²) in [5.41, 5.74) is 1.10. The molecule has 0 unspecified atom stereocenters. The number of hydrogen-bond donors (Lipinski definition) is 1. The second kappa shape index (κ2) is 4.54. The van der Waals surface area contributed by atoms with Crippen molar-refractivity contribution in [1.82, 2.24) is 0 Å². The maximum atomic E-state index is 4.12. The lowest BCUT2D eigenvalue weighted by Gasteiger charge is -1.90. The van der Waals surface area contributed by atoms with Crippen molar-refractivity contribution in [2.45, 2.75) is 6.42 Å². The smallest absolute Gasteiger partial charge is 0.0343 e. The van der Waals surface area contributed by atoms with Crippen LogP contribution in [-0.2, 0) is 0 Å². The van der Waals surface area contributed by atoms with Gasteiger partial charge < -0.3 is 0 Å². The van der Waals surface area contributed by atoms with Crippen molar-refractivity contribution in [2.75, 3.05) is 5.75 Å². The first-order valence-electron chi connectivity index (χ1n) is 4.47. The summed E-state index contributed by atoms with van der Waals surface area (Å²) in [4.78, 5) is 0. The predicted octanol–water partition coefficient (Wildman–Crippen LogP) is 3.57. The van der Waals surface area contributed by atoms with Gasteiger partial charge >= 0.3 is 0 Å². The quantitative estimate of drug-likeness (QED) is 0.549. The average molecular weight is 218 g/mol. The zero-order chi connectivity index (χ0) is 9.80. The van der Waals surface area contributed by atoms with Crippen LogP contribution >= 0.6 is 24.0 Å². The molecule has 1 aromatic heterocycles. The maximum absolute atomic E-state index is 4.12. The molecule has 0 nitrogen and oxygen atoms in total. The monoisotopic (exact) mass is 218 g/mol. The zero-order valence-electron chi connectivity index (χ0n) is 7.66. The average Bonchev–Trinajstić information content (AvgIpc) is 2.65. The molecule has 2 aromatic rings. The Bertz CT molecular complexity index is 485. The van der Waals surface area contributed by atoms with Gasteiger partial charge in [0.1, 0.15) is 0 Å². The van der Waals surface area contributed by atoms with E-state index in [1.807, 2.05) is 0 Å². The van der Waals surface area contributed by atoms with Gasteiger partial charge in [0.05, 0.1) is 0 Å². The molecule has 1 aromatic carbocycles. The first kappa shape index (κ1) is 9.64. The number of fused-ring (bicyclic) bond motifs is 1. The molecule has 0 aliphatic heterocycles. The van der Waals surface area contributed by atoms with E-state index in [1.54, 1.807) is 11.3 Å². The van der Waals surface area contributed by atoms with Crippen LogP contribution < -0.4 is 0 Å². The van der Waals surface area contributed by atoms with Crippen molar-refractivity contribution >= 4 is 34.1 Å². The fraction of sp³-hybridized carbons (Fsp3) is 0.167. The molecule has 2 rings (SSSR count). The van der Waals surface area contributed by atoms with E-state index in [-0.39, 0.29) is 0 Å². The fourth-order valence-corrected chi connectivity index (χ4v) is 2.15. The van der Waals surface area contributed by atoms with E-state index in [1.165, 1.54) is 10.1 Å². The van der Waals surface area contributed by atoms with E-state index in [0.29, 0.717) is 0 Å². The normalized spacial score (nSPS) is 9.79. The summed E-state index contributed by atoms with van der Waals surface area (Å²) in [5.74, 6) is 7.05. The van der Waals surface area contributed by atoms with Gasteiger partial charge in [0.2, 0.25) is 0 Å². The molecule has 0 atom stereocenters. The second-order valence-electron chi connectivity index (χ2n) is 2.95. The molecule has 0 amide bonds. The van der Waals surface area contributed by atoms with Gasteiger partial charge in [-0.15, -0.1) is 11.3 Å². The first-order valence-corrected chi connectivity index (χ1v) is 5.98. The van der Waals surface area contributed by atoms with Crippen LogP contribution in [0, 0.1) is 11.8 Å². The van der Waals surface area contributed by atoms with Gasteiger partial charge in [0, 0.05) is 22.4 Å². The molecular formula is C12H10S2. The van der Waals surface area contributed by atoms with E-state index in [9.17, 15) is 0 Å². The molecule has 0 radical (unpaired) electrons. The van der Waals surface area contributed by atoms with Crippen LogP contribution in [0.5, 0.6) is 0 Å². The lowest BCUT2D eigenvalue weighted by molar-refractivity contribution is 1.31. The van der Waals surface area contributed by atoms with Crippen LogP contribution in [0.4, 0.5) is 0 Å². The molecule has 2 heteroatoms. The third-order valence-electron chi connectivity index (χ3n) is 1.92. The Labute approximate surface area is 93.4 Å². The highest BCUT2D eigenvalue weighted by Gasteiger charge is 1.94. The van der Waals surface area contributed by atoms with E-state index in [0.717, 1.165) is 17.7 Å². The van der Waals surface area contributed by atoms with Gasteiger partial charge in [-0.3, -0.25) is 0 Å². The second-order valence-corrected chi connectivity index (χ2v) is 4.34. The van der Waals surface area contributed by atoms with Crippen LogP contribution in [0.2, 0.25) is 0 Å². The van der Waals surface area contributed by atoms with Gasteiger partial charge in [0.25, 0.3) is 0 Å². The molecular weight excluding hydrogens is 208 g/mol. The lowest BCUT2D eigenvalue weighted by atomic mass is 10.2. The Morgan fingerprint density at radius 1 is 1.29 bits per heavy atom. The van der Waals surface area contributed by atoms with Crippen LogP contribution in [0.25, 0.3) is 10.1 Å². The summed E-state index contributed by atoms with van der Waals surface area (Å²) in [6, 6.07) is 8.47. The molecule has 0 spiro atoms. The molecule has 0 bridgehead atoms. The number of rotatable bonds is 1. The molecule has 70 valence electrons. The third-order valence-corrected chi connectivity index (χ3v) is 3.04. The Morgan fingerprint density at radius 3 is 3.07 bits per heavy atom. The zero-order valence-corrected chi connectivity index (χ0v) is 9.37. The summed E-state index contributed by atoms with van der Waals surface area (Å²) >= 11 is 5.88. The van der Waals surface area contributed by atoms with Crippen LogP contribution in [0.15, 0.2) is 29.6 Å². The molecule has 0 N–H and O–H groups in total. The van der Waals surface area contributed by atoms with Crippen molar-refractivity contribution in [3.05, 3.63) is 35.2 Å². The van der Waals surface area contributed by atoms with E-state index >= 15 is 0 Å². The van der Waals surface area contributed by atoms with Crippen molar-refractivity contribution < 1.29 is 0 Å². The van der Waals surface area contributed by atoms with Gasteiger partial charge in [-0.05, 0) is 35.0 Å². The molecule has 0 saturated heterocycles. The number of thiol groups is 1. The van der Waals surface area contributed by atoms with Gasteiger partial charge in [-0.1, -0.05) is 11.8 Å². The Hall–Kier alpha value is -0.910. The standard InChI is InChI=1S/C12H10S2/c13-7-2-1-3-10-4-5-12-11(9-10)6-8-14-12/h4-6,8-9,13H,2,7H2. The molecule has 0 aliphatic rings. The SMILES string of the molecule is SCCC#Cc1ccc2sccc2c1. The lowest BCUT2D eigenvalue weighted by Crippen LogP contribution is -1.73. The van der Waals surface area contributed by atoms with Crippen LogP contribution in [0.3, 0.4) is 0 Å². The van der Waals surface area contributed by atoms with Gasteiger partial charge in [-0.25, -0.2) is 0 Å². The van der Waals surface area contributed by atoms with Crippen molar-refractivity contribution in [2.24, 2.45) is 0 Å². The van der Waals surface area contributed by atoms with Crippen LogP contribution in [0.1, 0.15) is 12.0 Å². The highest BCUT2D eigenvalue weighted by Crippen LogP contribution is 2.21. The Kier molecular flexibility index (Phi) is 3.13. The van der Waals surface area contributed by atoms with E-state index < -0.39 is 0 Å². The number of hydrogen-bond acceptors (Lipinski definition) is 2. The Balaban J connectivity index is 2.31. The highest BCUT2D eigenvalue weighted by atomic mass is 32.1. The molecule has 1 heterocycles. The molecule has 0 saturated carbocycles.